The Morgan fingerprint density at radius 1 is 1.00 bits per heavy atom. The Bertz CT molecular complexity index is 1260. The molecule has 1 atom stereocenters. The van der Waals surface area contributed by atoms with Crippen LogP contribution in [0.5, 0.6) is 11.5 Å². The van der Waals surface area contributed by atoms with Crippen molar-refractivity contribution in [1.82, 2.24) is 4.90 Å². The summed E-state index contributed by atoms with van der Waals surface area (Å²) in [7, 11) is 1.57. The minimum atomic E-state index is -0.778. The minimum absolute atomic E-state index is 0.0107. The maximum absolute atomic E-state index is 13.1. The third-order valence-electron chi connectivity index (χ3n) is 6.11. The van der Waals surface area contributed by atoms with Crippen LogP contribution in [-0.2, 0) is 20.9 Å². The summed E-state index contributed by atoms with van der Waals surface area (Å²) in [6, 6.07) is 20.3. The number of carbonyl (C=O) groups excluding carboxylic acids is 2. The van der Waals surface area contributed by atoms with Gasteiger partial charge in [0.1, 0.15) is 23.9 Å². The molecule has 0 spiro atoms. The molecule has 186 valence electrons. The van der Waals surface area contributed by atoms with E-state index in [1.54, 1.807) is 43.5 Å². The number of carbonyl (C=O) groups is 2. The van der Waals surface area contributed by atoms with Crippen molar-refractivity contribution < 1.29 is 29.3 Å². The van der Waals surface area contributed by atoms with E-state index in [2.05, 4.69) is 6.07 Å². The van der Waals surface area contributed by atoms with Gasteiger partial charge in [0, 0.05) is 25.8 Å². The van der Waals surface area contributed by atoms with Crippen molar-refractivity contribution in [2.75, 3.05) is 20.3 Å². The van der Waals surface area contributed by atoms with Crippen molar-refractivity contribution in [1.29, 1.82) is 0 Å². The molecule has 1 heterocycles. The second kappa shape index (κ2) is 11.1. The van der Waals surface area contributed by atoms with Gasteiger partial charge in [-0.25, -0.2) is 0 Å². The van der Waals surface area contributed by atoms with Crippen molar-refractivity contribution in [2.45, 2.75) is 26.0 Å². The summed E-state index contributed by atoms with van der Waals surface area (Å²) in [5.41, 5.74) is 3.22. The summed E-state index contributed by atoms with van der Waals surface area (Å²) < 4.78 is 11.0. The third-order valence-corrected chi connectivity index (χ3v) is 6.11. The smallest absolute Gasteiger partial charge is 0.295 e. The number of nitrogens with zero attached hydrogens (tertiary/aromatic N) is 1. The highest BCUT2D eigenvalue weighted by atomic mass is 16.5. The lowest BCUT2D eigenvalue weighted by atomic mass is 9.95. The van der Waals surface area contributed by atoms with Gasteiger partial charge < -0.3 is 24.6 Å². The Balaban J connectivity index is 1.62. The third kappa shape index (κ3) is 5.42. The predicted molar refractivity (Wildman–Crippen MR) is 136 cm³/mol. The van der Waals surface area contributed by atoms with Gasteiger partial charge in [-0.1, -0.05) is 42.0 Å². The van der Waals surface area contributed by atoms with E-state index in [0.29, 0.717) is 36.5 Å². The summed E-state index contributed by atoms with van der Waals surface area (Å²) >= 11 is 0. The number of hydrogen-bond acceptors (Lipinski definition) is 6. The second-order valence-electron chi connectivity index (χ2n) is 8.73. The maximum Gasteiger partial charge on any atom is 0.295 e. The molecular weight excluding hydrogens is 458 g/mol. The zero-order valence-electron chi connectivity index (χ0n) is 20.3. The van der Waals surface area contributed by atoms with Gasteiger partial charge in [0.15, 0.2) is 0 Å². The van der Waals surface area contributed by atoms with E-state index in [4.69, 9.17) is 9.47 Å². The van der Waals surface area contributed by atoms with Crippen LogP contribution >= 0.6 is 0 Å². The number of benzene rings is 3. The Morgan fingerprint density at radius 3 is 2.39 bits per heavy atom. The molecule has 0 radical (unpaired) electrons. The topological polar surface area (TPSA) is 96.3 Å². The molecule has 1 amide bonds. The van der Waals surface area contributed by atoms with Crippen LogP contribution < -0.4 is 4.74 Å². The first-order valence-corrected chi connectivity index (χ1v) is 11.7. The summed E-state index contributed by atoms with van der Waals surface area (Å²) in [5, 5.41) is 20.9. The highest BCUT2D eigenvalue weighted by Gasteiger charge is 2.45. The van der Waals surface area contributed by atoms with Crippen molar-refractivity contribution in [2.24, 2.45) is 0 Å². The molecule has 7 heteroatoms. The second-order valence-corrected chi connectivity index (χ2v) is 8.73. The van der Waals surface area contributed by atoms with Crippen LogP contribution in [0.2, 0.25) is 0 Å². The fourth-order valence-electron chi connectivity index (χ4n) is 4.33. The highest BCUT2D eigenvalue weighted by molar-refractivity contribution is 6.46. The molecule has 0 saturated carbocycles. The molecule has 1 saturated heterocycles. The van der Waals surface area contributed by atoms with E-state index in [9.17, 15) is 19.8 Å². The lowest BCUT2D eigenvalue weighted by molar-refractivity contribution is -0.140. The Kier molecular flexibility index (Phi) is 7.71. The van der Waals surface area contributed by atoms with Gasteiger partial charge in [-0.2, -0.15) is 0 Å². The first-order chi connectivity index (χ1) is 17.4. The maximum atomic E-state index is 13.1. The van der Waals surface area contributed by atoms with Gasteiger partial charge in [-0.05, 0) is 60.9 Å². The molecule has 0 bridgehead atoms. The number of aliphatic hydroxyl groups is 1. The fraction of sp³-hybridized carbons (Fsp3) is 0.241. The molecule has 3 aromatic carbocycles. The standard InChI is InChI=1S/C29H29NO6/c1-19-5-3-6-20(17-19)18-36-24-13-9-22(10-14-24)27(32)25-26(21-7-11-23(31)12-8-21)30(15-4-16-35-2)29(34)28(25)33/h3,5-14,17,26,31-32H,4,15-16,18H2,1-2H3. The number of ketones is 1. The molecule has 0 aromatic heterocycles. The molecule has 3 aromatic rings. The Labute approximate surface area is 210 Å². The first kappa shape index (κ1) is 25.0. The largest absolute Gasteiger partial charge is 0.508 e. The lowest BCUT2D eigenvalue weighted by Crippen LogP contribution is -2.31. The van der Waals surface area contributed by atoms with Gasteiger partial charge in [0.2, 0.25) is 0 Å². The molecule has 36 heavy (non-hydrogen) atoms. The van der Waals surface area contributed by atoms with E-state index >= 15 is 0 Å². The predicted octanol–water partition coefficient (Wildman–Crippen LogP) is 4.74. The Hall–Kier alpha value is -4.10. The van der Waals surface area contributed by atoms with Gasteiger partial charge in [-0.15, -0.1) is 0 Å². The number of Topliss-reactive ketones (excluding diaryl/α,β-unsaturated/α-hetero) is 1. The average molecular weight is 488 g/mol. The first-order valence-electron chi connectivity index (χ1n) is 11.7. The number of methoxy groups -OCH3 is 1. The van der Waals surface area contributed by atoms with Crippen molar-refractivity contribution in [3.8, 4) is 11.5 Å². The van der Waals surface area contributed by atoms with Crippen LogP contribution in [0, 0.1) is 6.92 Å². The van der Waals surface area contributed by atoms with E-state index in [0.717, 1.165) is 11.1 Å². The number of aromatic hydroxyl groups is 1. The fourth-order valence-corrected chi connectivity index (χ4v) is 4.33. The number of aliphatic hydroxyl groups excluding tert-OH is 1. The minimum Gasteiger partial charge on any atom is -0.508 e. The van der Waals surface area contributed by atoms with Crippen LogP contribution in [0.4, 0.5) is 0 Å². The Morgan fingerprint density at radius 2 is 1.72 bits per heavy atom. The molecule has 1 aliphatic rings. The van der Waals surface area contributed by atoms with Crippen molar-refractivity contribution >= 4 is 17.4 Å². The molecule has 1 aliphatic heterocycles. The normalized spacial score (nSPS) is 16.9. The molecule has 2 N–H and O–H groups in total. The van der Waals surface area contributed by atoms with Crippen molar-refractivity contribution in [3.05, 3.63) is 101 Å². The van der Waals surface area contributed by atoms with Crippen LogP contribution in [0.25, 0.3) is 5.76 Å². The summed E-state index contributed by atoms with van der Waals surface area (Å²) in [6.45, 7) is 3.13. The quantitative estimate of drug-likeness (QED) is 0.196. The number of likely N-dealkylation sites (tertiary alicyclic amines) is 1. The summed E-state index contributed by atoms with van der Waals surface area (Å²) in [5.74, 6) is -1.00. The number of phenolic OH excluding ortho intramolecular Hbond substituents is 1. The molecule has 1 fully saturated rings. The average Bonchev–Trinajstić information content (AvgIpc) is 3.13. The van der Waals surface area contributed by atoms with Crippen LogP contribution in [0.1, 0.15) is 34.7 Å². The van der Waals surface area contributed by atoms with Gasteiger partial charge in [0.05, 0.1) is 11.6 Å². The van der Waals surface area contributed by atoms with Gasteiger partial charge in [-0.3, -0.25) is 9.59 Å². The SMILES string of the molecule is COCCCN1C(=O)C(=O)C(=C(O)c2ccc(OCc3cccc(C)c3)cc2)C1c1ccc(O)cc1. The molecule has 0 aliphatic carbocycles. The van der Waals surface area contributed by atoms with Crippen LogP contribution in [-0.4, -0.2) is 47.1 Å². The highest BCUT2D eigenvalue weighted by Crippen LogP contribution is 2.40. The van der Waals surface area contributed by atoms with Gasteiger partial charge >= 0.3 is 0 Å². The van der Waals surface area contributed by atoms with Gasteiger partial charge in [0.25, 0.3) is 11.7 Å². The number of aryl methyl sites for hydroxylation is 1. The zero-order valence-corrected chi connectivity index (χ0v) is 20.3. The van der Waals surface area contributed by atoms with E-state index in [-0.39, 0.29) is 23.6 Å². The summed E-state index contributed by atoms with van der Waals surface area (Å²) in [6.07, 6.45) is 0.533. The summed E-state index contributed by atoms with van der Waals surface area (Å²) in [4.78, 5) is 27.4. The number of ether oxygens (including phenoxy) is 2. The molecule has 7 nitrogen and oxygen atoms in total. The lowest BCUT2D eigenvalue weighted by Gasteiger charge is -2.25. The van der Waals surface area contributed by atoms with Crippen LogP contribution in [0.15, 0.2) is 78.4 Å². The van der Waals surface area contributed by atoms with E-state index in [1.165, 1.54) is 17.0 Å². The number of hydrogen-bond donors (Lipinski definition) is 2. The molecule has 4 rings (SSSR count). The zero-order chi connectivity index (χ0) is 25.7. The monoisotopic (exact) mass is 487 g/mol. The van der Waals surface area contributed by atoms with E-state index < -0.39 is 17.7 Å². The van der Waals surface area contributed by atoms with Crippen molar-refractivity contribution in [3.63, 3.8) is 0 Å². The number of rotatable bonds is 9. The van der Waals surface area contributed by atoms with Crippen LogP contribution in [0.3, 0.4) is 0 Å². The number of amides is 1. The molecular formula is C29H29NO6. The molecule has 1 unspecified atom stereocenters. The van der Waals surface area contributed by atoms with E-state index in [1.807, 2.05) is 25.1 Å². The number of phenols is 1.